The predicted octanol–water partition coefficient (Wildman–Crippen LogP) is 11.5. The van der Waals surface area contributed by atoms with Crippen LogP contribution in [-0.4, -0.2) is 19.5 Å². The largest absolute Gasteiger partial charge is 0.455 e. The van der Waals surface area contributed by atoms with Crippen molar-refractivity contribution in [2.75, 3.05) is 0 Å². The first-order valence-corrected chi connectivity index (χ1v) is 14.4. The van der Waals surface area contributed by atoms with E-state index in [9.17, 15) is 9.60 Å². The molecular weight excluding hydrogens is 613 g/mol. The van der Waals surface area contributed by atoms with Crippen LogP contribution in [-0.2, 0) is 0 Å². The molecule has 3 aromatic heterocycles. The Morgan fingerprint density at radius 1 is 0.440 bits per heavy atom. The summed E-state index contributed by atoms with van der Waals surface area (Å²) in [6.45, 7) is 0. The summed E-state index contributed by atoms with van der Waals surface area (Å²) >= 11 is 0. The summed E-state index contributed by atoms with van der Waals surface area (Å²) in [6, 6.07) is -26.1. The lowest BCUT2D eigenvalue weighted by Crippen LogP contribution is -2.02. The highest BCUT2D eigenvalue weighted by Crippen LogP contribution is 2.43. The van der Waals surface area contributed by atoms with E-state index in [1.807, 2.05) is 0 Å². The van der Waals surface area contributed by atoms with E-state index in [-0.39, 0.29) is 0 Å². The van der Waals surface area contributed by atoms with Gasteiger partial charge in [0.25, 0.3) is 0 Å². The summed E-state index contributed by atoms with van der Waals surface area (Å²) in [5, 5.41) is -2.49. The molecule has 0 spiro atoms. The van der Waals surface area contributed by atoms with Gasteiger partial charge in [-0.15, -0.1) is 0 Å². The zero-order valence-electron chi connectivity index (χ0n) is 52.7. The van der Waals surface area contributed by atoms with E-state index in [0.29, 0.717) is 0 Å². The van der Waals surface area contributed by atoms with E-state index in [4.69, 9.17) is 33.2 Å². The van der Waals surface area contributed by atoms with Crippen molar-refractivity contribution in [1.29, 1.82) is 0 Å². The second-order valence-electron chi connectivity index (χ2n) is 10.3. The minimum atomic E-state index is -1.04. The normalized spacial score (nSPS) is 19.4. The maximum Gasteiger partial charge on any atom is 0.166 e. The van der Waals surface area contributed by atoms with Gasteiger partial charge in [-0.1, -0.05) is 145 Å². The highest BCUT2D eigenvalue weighted by molar-refractivity contribution is 6.18. The number of nitrogens with zero attached hydrogens (tertiary/aromatic N) is 4. The second kappa shape index (κ2) is 11.4. The number of rotatable bonds is 5. The summed E-state index contributed by atoms with van der Waals surface area (Å²) in [6.07, 6.45) is 0. The van der Waals surface area contributed by atoms with Crippen molar-refractivity contribution in [2.45, 2.75) is 0 Å². The molecule has 0 saturated heterocycles. The maximum absolute atomic E-state index is 9.64. The predicted molar refractivity (Wildman–Crippen MR) is 203 cm³/mol. The monoisotopic (exact) mass is 668 g/mol. The van der Waals surface area contributed by atoms with Crippen LogP contribution in [0.25, 0.3) is 94.7 Å². The number of benzene rings is 7. The molecule has 0 atom stereocenters. The molecule has 0 bridgehead atoms. The van der Waals surface area contributed by atoms with Crippen LogP contribution >= 0.6 is 0 Å². The molecule has 0 amide bonds. The van der Waals surface area contributed by atoms with Gasteiger partial charge in [-0.3, -0.25) is 0 Å². The Hall–Kier alpha value is -6.85. The maximum atomic E-state index is 9.64. The van der Waals surface area contributed by atoms with Crippen molar-refractivity contribution in [3.63, 3.8) is 0 Å². The van der Waals surface area contributed by atoms with E-state index >= 15 is 0 Å². The molecule has 5 heteroatoms. The first-order valence-electron chi connectivity index (χ1n) is 28.4. The third-order valence-corrected chi connectivity index (χ3v) is 7.60. The quantitative estimate of drug-likeness (QED) is 0.183. The number of hydrogen-bond acceptors (Lipinski definition) is 4. The van der Waals surface area contributed by atoms with Gasteiger partial charge in [0.2, 0.25) is 0 Å². The highest BCUT2D eigenvalue weighted by atomic mass is 16.3. The fraction of sp³-hybridized carbons (Fsp3) is 0. The van der Waals surface area contributed by atoms with Crippen molar-refractivity contribution in [3.05, 3.63) is 169 Å². The lowest BCUT2D eigenvalue weighted by atomic mass is 10.0. The van der Waals surface area contributed by atoms with Crippen molar-refractivity contribution in [2.24, 2.45) is 0 Å². The Labute approximate surface area is 327 Å². The summed E-state index contributed by atoms with van der Waals surface area (Å²) < 4.78 is 255. The average Bonchev–Trinajstić information content (AvgIpc) is 4.02. The number of aromatic nitrogens is 4. The molecule has 5 nitrogen and oxygen atoms in total. The topological polar surface area (TPSA) is 56.7 Å². The highest BCUT2D eigenvalue weighted by Gasteiger charge is 2.23. The van der Waals surface area contributed by atoms with Crippen molar-refractivity contribution >= 4 is 43.7 Å². The molecule has 7 aromatic carbocycles. The SMILES string of the molecule is [2H]c1c([2H])c([2H])c(-c2nc(-c3c([2H])c([2H])c([2H])c([2H])c3[2H])nc(-c3c([2H])c([2H])c([2H])c4c5c([2H])c([2H])c([2H])c([2H])c5n(-c5c([2H])c([2H])c([2H])c6oc7c(-c8c([2H])c([2H])c([2H])c([2H])c8[2H])c([2H])c([2H])c([2H])c7c56)c34)n2)c([2H])c1[2H]. The zero-order valence-corrected chi connectivity index (χ0v) is 24.7. The molecule has 234 valence electrons. The number of fused-ring (bicyclic) bond motifs is 6. The number of hydrogen-bond donors (Lipinski definition) is 0. The standard InChI is InChI=1S/C45H28N4O/c1-4-15-29(16-5-1)32-22-12-24-35-40-38(27-14-28-39(40)50-42(32)35)49-37-26-11-10-21-33(37)34-23-13-25-36(41(34)49)45-47-43(30-17-6-2-7-18-30)46-44(48-45)31-19-8-3-9-20-31/h1-28H/i1D,2D,3D,4D,5D,6D,7D,8D,9D,10D,11D,12D,13D,14D,15D,16D,17D,18D,19D,20D,21D,22D,23D,24D,25D,26D,27D,28D. The molecule has 3 heterocycles. The van der Waals surface area contributed by atoms with E-state index in [2.05, 4.69) is 15.0 Å². The number of para-hydroxylation sites is 3. The van der Waals surface area contributed by atoms with Crippen LogP contribution in [0.3, 0.4) is 0 Å². The van der Waals surface area contributed by atoms with Gasteiger partial charge in [0.05, 0.1) is 60.5 Å². The van der Waals surface area contributed by atoms with Gasteiger partial charge in [-0.05, 0) is 29.7 Å². The molecule has 10 rings (SSSR count). The van der Waals surface area contributed by atoms with Crippen LogP contribution < -0.4 is 0 Å². The summed E-state index contributed by atoms with van der Waals surface area (Å²) in [7, 11) is 0. The van der Waals surface area contributed by atoms with Gasteiger partial charge in [0.1, 0.15) is 11.2 Å². The Morgan fingerprint density at radius 2 is 0.980 bits per heavy atom. The van der Waals surface area contributed by atoms with Crippen LogP contribution in [0.1, 0.15) is 38.4 Å². The Bertz CT molecular complexity index is 4320. The van der Waals surface area contributed by atoms with Gasteiger partial charge in [-0.25, -0.2) is 15.0 Å². The van der Waals surface area contributed by atoms with Crippen molar-refractivity contribution in [3.8, 4) is 51.0 Å². The van der Waals surface area contributed by atoms with Gasteiger partial charge < -0.3 is 8.98 Å². The third-order valence-electron chi connectivity index (χ3n) is 7.60. The molecule has 0 aliphatic rings. The molecule has 0 aliphatic heterocycles. The van der Waals surface area contributed by atoms with Crippen LogP contribution in [0.2, 0.25) is 0 Å². The van der Waals surface area contributed by atoms with Gasteiger partial charge in [-0.2, -0.15) is 0 Å². The summed E-state index contributed by atoms with van der Waals surface area (Å²) in [4.78, 5) is 13.1. The van der Waals surface area contributed by atoms with Crippen LogP contribution in [0.5, 0.6) is 0 Å². The summed E-state index contributed by atoms with van der Waals surface area (Å²) in [5.74, 6) is -2.66. The fourth-order valence-electron chi connectivity index (χ4n) is 5.57. The third kappa shape index (κ3) is 4.45. The lowest BCUT2D eigenvalue weighted by molar-refractivity contribution is 0.670. The van der Waals surface area contributed by atoms with Crippen LogP contribution in [0.15, 0.2) is 174 Å². The second-order valence-corrected chi connectivity index (χ2v) is 10.3. The first-order chi connectivity index (χ1) is 36.4. The molecule has 50 heavy (non-hydrogen) atoms. The minimum Gasteiger partial charge on any atom is -0.455 e. The van der Waals surface area contributed by atoms with E-state index in [1.54, 1.807) is 0 Å². The minimum absolute atomic E-state index is 0.608. The van der Waals surface area contributed by atoms with Crippen LogP contribution in [0, 0.1) is 0 Å². The molecule has 0 fully saturated rings. The average molecular weight is 669 g/mol. The molecule has 0 N–H and O–H groups in total. The van der Waals surface area contributed by atoms with E-state index in [0.717, 1.165) is 4.57 Å². The van der Waals surface area contributed by atoms with Gasteiger partial charge in [0, 0.05) is 38.4 Å². The van der Waals surface area contributed by atoms with Gasteiger partial charge >= 0.3 is 0 Å². The molecule has 0 unspecified atom stereocenters. The van der Waals surface area contributed by atoms with Crippen molar-refractivity contribution < 1.29 is 42.8 Å². The van der Waals surface area contributed by atoms with E-state index in [1.165, 1.54) is 0 Å². The lowest BCUT2D eigenvalue weighted by Gasteiger charge is -2.13. The molecule has 0 saturated carbocycles. The number of furan rings is 1. The first kappa shape index (κ1) is 11.9. The van der Waals surface area contributed by atoms with E-state index < -0.39 is 264 Å². The Balaban J connectivity index is 1.51. The molecule has 10 aromatic rings. The zero-order chi connectivity index (χ0) is 57.4. The summed E-state index contributed by atoms with van der Waals surface area (Å²) in [5.41, 5.74) is -7.37. The van der Waals surface area contributed by atoms with Gasteiger partial charge in [0.15, 0.2) is 17.5 Å². The van der Waals surface area contributed by atoms with Crippen molar-refractivity contribution in [1.82, 2.24) is 19.5 Å². The fourth-order valence-corrected chi connectivity index (χ4v) is 5.57. The van der Waals surface area contributed by atoms with Crippen LogP contribution in [0.4, 0.5) is 0 Å². The smallest absolute Gasteiger partial charge is 0.166 e. The molecule has 0 radical (unpaired) electrons. The molecular formula is C45H28N4O. The Kier molecular flexibility index (Phi) is 2.72. The molecule has 0 aliphatic carbocycles. The Morgan fingerprint density at radius 3 is 1.68 bits per heavy atom.